The molecule has 0 aliphatic carbocycles. The molecule has 0 aliphatic heterocycles. The van der Waals surface area contributed by atoms with Gasteiger partial charge in [-0.05, 0) is 33.8 Å². The van der Waals surface area contributed by atoms with E-state index in [0.717, 1.165) is 6.07 Å². The molecule has 0 heterocycles. The van der Waals surface area contributed by atoms with Gasteiger partial charge in [0.05, 0.1) is 12.0 Å². The minimum Gasteiger partial charge on any atom is -0.598 e. The fourth-order valence-corrected chi connectivity index (χ4v) is 2.67. The Labute approximate surface area is 125 Å². The van der Waals surface area contributed by atoms with E-state index < -0.39 is 45.7 Å². The van der Waals surface area contributed by atoms with Gasteiger partial charge in [-0.15, -0.1) is 4.72 Å². The van der Waals surface area contributed by atoms with Crippen LogP contribution in [0.2, 0.25) is 0 Å². The third-order valence-corrected chi connectivity index (χ3v) is 4.67. The number of benzene rings is 1. The van der Waals surface area contributed by atoms with Gasteiger partial charge >= 0.3 is 5.97 Å². The van der Waals surface area contributed by atoms with E-state index in [2.05, 4.69) is 4.72 Å². The largest absolute Gasteiger partial charge is 0.598 e. The Kier molecular flexibility index (Phi) is 5.35. The molecule has 7 heteroatoms. The maximum absolute atomic E-state index is 14.0. The second kappa shape index (κ2) is 6.29. The van der Waals surface area contributed by atoms with Gasteiger partial charge in [0.1, 0.15) is 4.75 Å². The molecular formula is C14H19F2NO3S. The van der Waals surface area contributed by atoms with Crippen LogP contribution >= 0.6 is 0 Å². The van der Waals surface area contributed by atoms with Crippen molar-refractivity contribution in [2.24, 2.45) is 0 Å². The summed E-state index contributed by atoms with van der Waals surface area (Å²) in [6.07, 6.45) is -0.533. The molecule has 0 aliphatic rings. The SMILES string of the molecule is CC(CC(=O)O)(N[S+]([O-])C(C)(C)C)c1cccc(F)c1F. The van der Waals surface area contributed by atoms with Crippen molar-refractivity contribution < 1.29 is 23.2 Å². The molecule has 118 valence electrons. The fraction of sp³-hybridized carbons (Fsp3) is 0.500. The van der Waals surface area contributed by atoms with E-state index in [1.807, 2.05) is 0 Å². The number of hydrogen-bond acceptors (Lipinski definition) is 3. The molecule has 0 bridgehead atoms. The van der Waals surface area contributed by atoms with Crippen molar-refractivity contribution in [3.8, 4) is 0 Å². The van der Waals surface area contributed by atoms with Crippen LogP contribution in [-0.4, -0.2) is 20.4 Å². The van der Waals surface area contributed by atoms with Crippen molar-refractivity contribution in [2.45, 2.75) is 44.4 Å². The van der Waals surface area contributed by atoms with Gasteiger partial charge < -0.3 is 9.66 Å². The monoisotopic (exact) mass is 319 g/mol. The Morgan fingerprint density at radius 2 is 1.90 bits per heavy atom. The normalized spacial score (nSPS) is 16.3. The smallest absolute Gasteiger partial charge is 0.305 e. The van der Waals surface area contributed by atoms with Crippen LogP contribution in [0.5, 0.6) is 0 Å². The van der Waals surface area contributed by atoms with E-state index in [4.69, 9.17) is 5.11 Å². The molecule has 1 aromatic carbocycles. The highest BCUT2D eigenvalue weighted by molar-refractivity contribution is 7.90. The molecule has 0 amide bonds. The maximum atomic E-state index is 14.0. The average molecular weight is 319 g/mol. The summed E-state index contributed by atoms with van der Waals surface area (Å²) in [5, 5.41) is 9.03. The van der Waals surface area contributed by atoms with Gasteiger partial charge in [-0.2, -0.15) is 0 Å². The minimum absolute atomic E-state index is 0.164. The molecule has 1 aromatic rings. The quantitative estimate of drug-likeness (QED) is 0.819. The second-order valence-corrected chi connectivity index (χ2v) is 7.95. The van der Waals surface area contributed by atoms with Crippen LogP contribution in [0, 0.1) is 11.6 Å². The first kappa shape index (κ1) is 17.9. The Bertz CT molecular complexity index is 533. The summed E-state index contributed by atoms with van der Waals surface area (Å²) in [5.41, 5.74) is -1.65. The number of halogens is 2. The number of rotatable bonds is 5. The molecule has 0 radical (unpaired) electrons. The van der Waals surface area contributed by atoms with Gasteiger partial charge in [0.2, 0.25) is 0 Å². The maximum Gasteiger partial charge on any atom is 0.305 e. The molecule has 21 heavy (non-hydrogen) atoms. The standard InChI is InChI=1S/C14H19F2NO3S/c1-13(2,3)21(20)17-14(4,8-11(18)19)9-6-5-7-10(15)12(9)16/h5-7,17H,8H2,1-4H3,(H,18,19). The average Bonchev–Trinajstić information content (AvgIpc) is 2.30. The lowest BCUT2D eigenvalue weighted by molar-refractivity contribution is -0.138. The van der Waals surface area contributed by atoms with Gasteiger partial charge in [-0.3, -0.25) is 4.79 Å². The summed E-state index contributed by atoms with van der Waals surface area (Å²) in [6.45, 7) is 6.47. The topological polar surface area (TPSA) is 72.4 Å². The number of hydrogen-bond donors (Lipinski definition) is 2. The highest BCUT2D eigenvalue weighted by Crippen LogP contribution is 2.31. The highest BCUT2D eigenvalue weighted by atomic mass is 32.2. The summed E-state index contributed by atoms with van der Waals surface area (Å²) in [4.78, 5) is 11.1. The Morgan fingerprint density at radius 1 is 1.33 bits per heavy atom. The lowest BCUT2D eigenvalue weighted by Crippen LogP contribution is -2.51. The summed E-state index contributed by atoms with van der Waals surface area (Å²) in [6, 6.07) is 3.52. The van der Waals surface area contributed by atoms with E-state index in [1.54, 1.807) is 20.8 Å². The summed E-state index contributed by atoms with van der Waals surface area (Å²) >= 11 is -1.64. The van der Waals surface area contributed by atoms with Crippen molar-refractivity contribution in [3.63, 3.8) is 0 Å². The minimum atomic E-state index is -1.64. The van der Waals surface area contributed by atoms with E-state index in [1.165, 1.54) is 19.1 Å². The highest BCUT2D eigenvalue weighted by Gasteiger charge is 2.40. The summed E-state index contributed by atoms with van der Waals surface area (Å²) < 4.78 is 41.6. The van der Waals surface area contributed by atoms with Crippen molar-refractivity contribution >= 4 is 17.3 Å². The van der Waals surface area contributed by atoms with E-state index in [-0.39, 0.29) is 5.56 Å². The predicted octanol–water partition coefficient (Wildman–Crippen LogP) is 2.71. The molecule has 2 unspecified atom stereocenters. The Hall–Kier alpha value is -1.18. The zero-order valence-electron chi connectivity index (χ0n) is 12.4. The fourth-order valence-electron chi connectivity index (χ4n) is 1.78. The number of carboxylic acid groups (broad SMARTS) is 1. The van der Waals surface area contributed by atoms with Crippen LogP contribution in [-0.2, 0) is 21.7 Å². The first-order valence-electron chi connectivity index (χ1n) is 6.33. The molecule has 4 nitrogen and oxygen atoms in total. The zero-order valence-corrected chi connectivity index (χ0v) is 13.2. The van der Waals surface area contributed by atoms with Crippen LogP contribution in [0.1, 0.15) is 39.7 Å². The zero-order chi connectivity index (χ0) is 16.4. The molecule has 2 atom stereocenters. The van der Waals surface area contributed by atoms with Crippen LogP contribution in [0.3, 0.4) is 0 Å². The lowest BCUT2D eigenvalue weighted by Gasteiger charge is -2.34. The van der Waals surface area contributed by atoms with Crippen molar-refractivity contribution in [2.75, 3.05) is 0 Å². The first-order chi connectivity index (χ1) is 9.47. The van der Waals surface area contributed by atoms with Gasteiger partial charge in [-0.1, -0.05) is 12.1 Å². The molecular weight excluding hydrogens is 300 g/mol. The second-order valence-electron chi connectivity index (χ2n) is 5.99. The van der Waals surface area contributed by atoms with Gasteiger partial charge in [0.15, 0.2) is 11.6 Å². The number of carboxylic acids is 1. The molecule has 0 saturated carbocycles. The van der Waals surface area contributed by atoms with Gasteiger partial charge in [-0.25, -0.2) is 8.78 Å². The summed E-state index contributed by atoms with van der Waals surface area (Å²) in [7, 11) is 0. The van der Waals surface area contributed by atoms with Crippen molar-refractivity contribution in [1.29, 1.82) is 0 Å². The molecule has 0 saturated heterocycles. The number of nitrogens with one attached hydrogen (secondary N) is 1. The molecule has 0 fully saturated rings. The van der Waals surface area contributed by atoms with Crippen LogP contribution in [0.25, 0.3) is 0 Å². The summed E-state index contributed by atoms with van der Waals surface area (Å²) in [5.74, 6) is -3.42. The van der Waals surface area contributed by atoms with Crippen molar-refractivity contribution in [3.05, 3.63) is 35.4 Å². The Balaban J connectivity index is 3.27. The van der Waals surface area contributed by atoms with Crippen LogP contribution < -0.4 is 4.72 Å². The third-order valence-electron chi connectivity index (χ3n) is 2.92. The molecule has 1 rings (SSSR count). The lowest BCUT2D eigenvalue weighted by atomic mass is 9.89. The van der Waals surface area contributed by atoms with Gasteiger partial charge in [0.25, 0.3) is 0 Å². The van der Waals surface area contributed by atoms with E-state index >= 15 is 0 Å². The molecule has 0 spiro atoms. The van der Waals surface area contributed by atoms with Crippen molar-refractivity contribution in [1.82, 2.24) is 4.72 Å². The predicted molar refractivity (Wildman–Crippen MR) is 77.0 cm³/mol. The first-order valence-corrected chi connectivity index (χ1v) is 7.48. The van der Waals surface area contributed by atoms with Crippen LogP contribution in [0.4, 0.5) is 8.78 Å². The third kappa shape index (κ3) is 4.39. The van der Waals surface area contributed by atoms with Gasteiger partial charge in [0, 0.05) is 16.9 Å². The Morgan fingerprint density at radius 3 is 2.38 bits per heavy atom. The number of carbonyl (C=O) groups is 1. The van der Waals surface area contributed by atoms with E-state index in [9.17, 15) is 18.1 Å². The van der Waals surface area contributed by atoms with E-state index in [0.29, 0.717) is 0 Å². The van der Waals surface area contributed by atoms with Crippen LogP contribution in [0.15, 0.2) is 18.2 Å². The molecule has 2 N–H and O–H groups in total. The number of aliphatic carboxylic acids is 1. The molecule has 0 aromatic heterocycles.